The van der Waals surface area contributed by atoms with Gasteiger partial charge in [0.15, 0.2) is 0 Å². The zero-order valence-electron chi connectivity index (χ0n) is 13.8. The molecule has 1 aromatic rings. The second kappa shape index (κ2) is 8.48. The minimum Gasteiger partial charge on any atom is -0.318 e. The average Bonchev–Trinajstić information content (AvgIpc) is 2.53. The molecule has 0 spiro atoms. The van der Waals surface area contributed by atoms with Gasteiger partial charge in [0.05, 0.1) is 0 Å². The molecule has 1 saturated heterocycles. The highest BCUT2D eigenvalue weighted by atomic mass is 19.4. The van der Waals surface area contributed by atoms with Crippen molar-refractivity contribution in [2.24, 2.45) is 0 Å². The normalized spacial score (nSPS) is 17.5. The van der Waals surface area contributed by atoms with Gasteiger partial charge in [-0.15, -0.1) is 0 Å². The first kappa shape index (κ1) is 18.7. The fourth-order valence-electron chi connectivity index (χ4n) is 2.85. The van der Waals surface area contributed by atoms with Gasteiger partial charge in [0, 0.05) is 24.8 Å². The van der Waals surface area contributed by atoms with Crippen LogP contribution >= 0.6 is 0 Å². The van der Waals surface area contributed by atoms with Crippen LogP contribution in [-0.2, 0) is 11.3 Å². The number of piperidine rings is 1. The van der Waals surface area contributed by atoms with E-state index in [1.807, 2.05) is 11.4 Å². The number of alkyl halides is 3. The lowest BCUT2D eigenvalue weighted by Gasteiger charge is -2.29. The number of hydrogen-bond acceptors (Lipinski definition) is 3. The molecular formula is C17H24F3N3O. The highest BCUT2D eigenvalue weighted by Crippen LogP contribution is 2.19. The van der Waals surface area contributed by atoms with Crippen LogP contribution in [0.3, 0.4) is 0 Å². The molecular weight excluding hydrogens is 319 g/mol. The van der Waals surface area contributed by atoms with E-state index in [-0.39, 0.29) is 11.7 Å². The highest BCUT2D eigenvalue weighted by molar-refractivity contribution is 5.94. The molecule has 1 fully saturated rings. The van der Waals surface area contributed by atoms with E-state index in [0.29, 0.717) is 6.54 Å². The third kappa shape index (κ3) is 6.13. The van der Waals surface area contributed by atoms with Crippen molar-refractivity contribution in [2.75, 3.05) is 25.0 Å². The molecule has 1 aromatic carbocycles. The van der Waals surface area contributed by atoms with E-state index in [9.17, 15) is 18.0 Å². The second-order valence-electron chi connectivity index (χ2n) is 6.30. The predicted octanol–water partition coefficient (Wildman–Crippen LogP) is 3.15. The number of benzene rings is 1. The van der Waals surface area contributed by atoms with E-state index in [2.05, 4.69) is 17.1 Å². The summed E-state index contributed by atoms with van der Waals surface area (Å²) in [5.41, 5.74) is 0.987. The number of nitrogens with zero attached hydrogens (tertiary/aromatic N) is 1. The number of amides is 1. The zero-order valence-corrected chi connectivity index (χ0v) is 13.8. The van der Waals surface area contributed by atoms with Crippen LogP contribution in [0.2, 0.25) is 0 Å². The van der Waals surface area contributed by atoms with Crippen molar-refractivity contribution in [1.29, 1.82) is 0 Å². The molecule has 0 bridgehead atoms. The van der Waals surface area contributed by atoms with Crippen LogP contribution in [0.25, 0.3) is 0 Å². The molecule has 1 amide bonds. The summed E-state index contributed by atoms with van der Waals surface area (Å²) in [7, 11) is 0. The molecule has 2 rings (SSSR count). The van der Waals surface area contributed by atoms with Crippen molar-refractivity contribution in [2.45, 2.75) is 44.9 Å². The number of hydrogen-bond donors (Lipinski definition) is 2. The van der Waals surface area contributed by atoms with Gasteiger partial charge in [-0.1, -0.05) is 18.6 Å². The minimum absolute atomic E-state index is 0.153. The number of carbonyl (C=O) groups excluding carboxylic acids is 1. The zero-order chi connectivity index (χ0) is 17.6. The minimum atomic E-state index is -4.88. The average molecular weight is 343 g/mol. The molecule has 1 heterocycles. The molecule has 0 aliphatic carbocycles. The van der Waals surface area contributed by atoms with Crippen LogP contribution in [0.1, 0.15) is 31.7 Å². The Kier molecular flexibility index (Phi) is 6.62. The van der Waals surface area contributed by atoms with Crippen molar-refractivity contribution in [3.8, 4) is 0 Å². The number of anilines is 1. The summed E-state index contributed by atoms with van der Waals surface area (Å²) >= 11 is 0. The lowest BCUT2D eigenvalue weighted by Crippen LogP contribution is -2.41. The summed E-state index contributed by atoms with van der Waals surface area (Å²) < 4.78 is 36.8. The van der Waals surface area contributed by atoms with Crippen molar-refractivity contribution in [3.05, 3.63) is 29.8 Å². The first-order valence-electron chi connectivity index (χ1n) is 8.27. The molecule has 2 N–H and O–H groups in total. The Morgan fingerprint density at radius 2 is 1.96 bits per heavy atom. The Bertz CT molecular complexity index is 542. The third-order valence-corrected chi connectivity index (χ3v) is 4.08. The number of nitrogens with one attached hydrogen (secondary N) is 2. The SMILES string of the molecule is CC(CN1CCCCC1)NCc1cccc(NC(=O)C(F)(F)F)c1. The molecule has 0 saturated carbocycles. The van der Waals surface area contributed by atoms with Gasteiger partial charge in [-0.2, -0.15) is 13.2 Å². The smallest absolute Gasteiger partial charge is 0.318 e. The maximum Gasteiger partial charge on any atom is 0.471 e. The molecule has 134 valence electrons. The van der Waals surface area contributed by atoms with Crippen molar-refractivity contribution in [3.63, 3.8) is 0 Å². The Hall–Kier alpha value is -1.60. The topological polar surface area (TPSA) is 44.4 Å². The van der Waals surface area contributed by atoms with Crippen LogP contribution in [0.5, 0.6) is 0 Å². The standard InChI is InChI=1S/C17H24F3N3O/c1-13(12-23-8-3-2-4-9-23)21-11-14-6-5-7-15(10-14)22-16(24)17(18,19)20/h5-7,10,13,21H,2-4,8-9,11-12H2,1H3,(H,22,24). The summed E-state index contributed by atoms with van der Waals surface area (Å²) in [6, 6.07) is 6.76. The Labute approximate surface area is 140 Å². The van der Waals surface area contributed by atoms with Crippen molar-refractivity contribution in [1.82, 2.24) is 10.2 Å². The molecule has 24 heavy (non-hydrogen) atoms. The lowest BCUT2D eigenvalue weighted by atomic mass is 10.1. The van der Waals surface area contributed by atoms with E-state index in [1.165, 1.54) is 25.3 Å². The molecule has 4 nitrogen and oxygen atoms in total. The van der Waals surface area contributed by atoms with Crippen LogP contribution in [0.15, 0.2) is 24.3 Å². The Morgan fingerprint density at radius 1 is 1.25 bits per heavy atom. The van der Waals surface area contributed by atoms with Gasteiger partial charge in [0.2, 0.25) is 0 Å². The maximum atomic E-state index is 12.3. The van der Waals surface area contributed by atoms with Crippen LogP contribution in [0, 0.1) is 0 Å². The Balaban J connectivity index is 1.82. The van der Waals surface area contributed by atoms with Gasteiger partial charge in [-0.25, -0.2) is 0 Å². The monoisotopic (exact) mass is 343 g/mol. The number of likely N-dealkylation sites (tertiary alicyclic amines) is 1. The predicted molar refractivity (Wildman–Crippen MR) is 87.7 cm³/mol. The van der Waals surface area contributed by atoms with Gasteiger partial charge < -0.3 is 15.5 Å². The molecule has 1 aliphatic rings. The first-order chi connectivity index (χ1) is 11.3. The number of rotatable bonds is 6. The van der Waals surface area contributed by atoms with Crippen molar-refractivity contribution >= 4 is 11.6 Å². The Morgan fingerprint density at radius 3 is 2.62 bits per heavy atom. The second-order valence-corrected chi connectivity index (χ2v) is 6.30. The molecule has 1 unspecified atom stereocenters. The fraction of sp³-hybridized carbons (Fsp3) is 0.588. The lowest BCUT2D eigenvalue weighted by molar-refractivity contribution is -0.167. The fourth-order valence-corrected chi connectivity index (χ4v) is 2.85. The quantitative estimate of drug-likeness (QED) is 0.834. The molecule has 1 atom stereocenters. The third-order valence-electron chi connectivity index (χ3n) is 4.08. The van der Waals surface area contributed by atoms with Gasteiger partial charge in [0.25, 0.3) is 0 Å². The molecule has 7 heteroatoms. The summed E-state index contributed by atoms with van der Waals surface area (Å²) in [6.45, 7) is 5.87. The number of halogens is 3. The van der Waals surface area contributed by atoms with Crippen LogP contribution < -0.4 is 10.6 Å². The van der Waals surface area contributed by atoms with E-state index < -0.39 is 12.1 Å². The molecule has 0 aromatic heterocycles. The van der Waals surface area contributed by atoms with E-state index in [1.54, 1.807) is 12.1 Å². The summed E-state index contributed by atoms with van der Waals surface area (Å²) in [5, 5.41) is 5.26. The summed E-state index contributed by atoms with van der Waals surface area (Å²) in [4.78, 5) is 13.4. The highest BCUT2D eigenvalue weighted by Gasteiger charge is 2.38. The first-order valence-corrected chi connectivity index (χ1v) is 8.27. The van der Waals surface area contributed by atoms with Gasteiger partial charge >= 0.3 is 12.1 Å². The molecule has 0 radical (unpaired) electrons. The van der Waals surface area contributed by atoms with Gasteiger partial charge in [0.1, 0.15) is 0 Å². The summed E-state index contributed by atoms with van der Waals surface area (Å²) in [6.07, 6.45) is -1.09. The number of carbonyl (C=O) groups is 1. The van der Waals surface area contributed by atoms with Gasteiger partial charge in [-0.05, 0) is 50.6 Å². The molecule has 1 aliphatic heterocycles. The summed E-state index contributed by atoms with van der Waals surface area (Å²) in [5.74, 6) is -1.95. The van der Waals surface area contributed by atoms with E-state index in [4.69, 9.17) is 0 Å². The van der Waals surface area contributed by atoms with Crippen LogP contribution in [-0.4, -0.2) is 42.7 Å². The maximum absolute atomic E-state index is 12.3. The largest absolute Gasteiger partial charge is 0.471 e. The van der Waals surface area contributed by atoms with Crippen LogP contribution in [0.4, 0.5) is 18.9 Å². The van der Waals surface area contributed by atoms with E-state index >= 15 is 0 Å². The van der Waals surface area contributed by atoms with E-state index in [0.717, 1.165) is 25.2 Å². The van der Waals surface area contributed by atoms with Crippen molar-refractivity contribution < 1.29 is 18.0 Å². The van der Waals surface area contributed by atoms with Gasteiger partial charge in [-0.3, -0.25) is 4.79 Å².